The molecule has 0 unspecified atom stereocenters. The van der Waals surface area contributed by atoms with Gasteiger partial charge < -0.3 is 10.0 Å². The van der Waals surface area contributed by atoms with Gasteiger partial charge in [-0.05, 0) is 49.8 Å². The second kappa shape index (κ2) is 7.50. The first-order valence-electron chi connectivity index (χ1n) is 10.2. The minimum atomic E-state index is -0.123. The van der Waals surface area contributed by atoms with Crippen molar-refractivity contribution in [3.63, 3.8) is 0 Å². The second-order valence-corrected chi connectivity index (χ2v) is 8.15. The zero-order chi connectivity index (χ0) is 19.0. The number of rotatable bonds is 6. The molecule has 0 bridgehead atoms. The fraction of sp³-hybridized carbons (Fsp3) is 0.619. The van der Waals surface area contributed by atoms with Crippen LogP contribution in [0.4, 0.5) is 0 Å². The number of benzene rings is 1. The van der Waals surface area contributed by atoms with Gasteiger partial charge in [-0.25, -0.2) is 4.79 Å². The summed E-state index contributed by atoms with van der Waals surface area (Å²) < 4.78 is 3.88. The molecule has 146 valence electrons. The highest BCUT2D eigenvalue weighted by atomic mass is 16.3. The van der Waals surface area contributed by atoms with Crippen molar-refractivity contribution in [3.8, 4) is 0 Å². The Morgan fingerprint density at radius 2 is 1.89 bits per heavy atom. The second-order valence-electron chi connectivity index (χ2n) is 8.15. The first-order valence-corrected chi connectivity index (χ1v) is 10.2. The number of fused-ring (bicyclic) bond motifs is 1. The molecule has 4 rings (SSSR count). The Morgan fingerprint density at radius 3 is 2.56 bits per heavy atom. The van der Waals surface area contributed by atoms with E-state index in [0.717, 1.165) is 30.4 Å². The van der Waals surface area contributed by atoms with Crippen molar-refractivity contribution in [3.05, 3.63) is 34.2 Å². The Labute approximate surface area is 159 Å². The van der Waals surface area contributed by atoms with E-state index in [0.29, 0.717) is 18.0 Å². The number of hydrogen-bond donors (Lipinski definition) is 1. The van der Waals surface area contributed by atoms with E-state index in [1.165, 1.54) is 37.0 Å². The molecule has 2 saturated carbocycles. The first-order chi connectivity index (χ1) is 13.1. The number of carbonyl (C=O) groups is 1. The lowest BCUT2D eigenvalue weighted by atomic mass is 9.95. The number of aliphatic hydroxyl groups excluding tert-OH is 1. The molecule has 6 nitrogen and oxygen atoms in total. The summed E-state index contributed by atoms with van der Waals surface area (Å²) in [5, 5.41) is 9.10. The predicted octanol–water partition coefficient (Wildman–Crippen LogP) is 2.78. The Morgan fingerprint density at radius 1 is 1.15 bits per heavy atom. The van der Waals surface area contributed by atoms with Crippen LogP contribution in [0.3, 0.4) is 0 Å². The van der Waals surface area contributed by atoms with Gasteiger partial charge in [-0.1, -0.05) is 19.3 Å². The van der Waals surface area contributed by atoms with Crippen molar-refractivity contribution >= 4 is 16.9 Å². The zero-order valence-electron chi connectivity index (χ0n) is 16.1. The zero-order valence-corrected chi connectivity index (χ0v) is 16.1. The van der Waals surface area contributed by atoms with Gasteiger partial charge in [0, 0.05) is 31.7 Å². The normalized spacial score (nSPS) is 18.1. The van der Waals surface area contributed by atoms with Gasteiger partial charge in [0.05, 0.1) is 17.6 Å². The van der Waals surface area contributed by atoms with Gasteiger partial charge in [0.2, 0.25) is 0 Å². The van der Waals surface area contributed by atoms with Crippen LogP contribution in [0.25, 0.3) is 11.0 Å². The average molecular weight is 371 g/mol. The third-order valence-corrected chi connectivity index (χ3v) is 6.07. The summed E-state index contributed by atoms with van der Waals surface area (Å²) in [7, 11) is 1.69. The number of amides is 1. The maximum Gasteiger partial charge on any atom is 0.329 e. The SMILES string of the molecule is CN(CCO)C(=O)c1ccc2c(c1)n(CC1CC1)c(=O)n2C1CCCCC1. The minimum absolute atomic E-state index is 0.0606. The molecule has 1 aromatic heterocycles. The van der Waals surface area contributed by atoms with Gasteiger partial charge in [0.15, 0.2) is 0 Å². The molecule has 1 amide bonds. The lowest BCUT2D eigenvalue weighted by molar-refractivity contribution is 0.0767. The molecule has 2 aromatic rings. The third-order valence-electron chi connectivity index (χ3n) is 6.07. The molecule has 2 aliphatic carbocycles. The standard InChI is InChI=1S/C21H29N3O3/c1-22(11-12-25)20(26)16-9-10-18-19(13-16)23(14-15-7-8-15)21(27)24(18)17-5-3-2-4-6-17/h9-10,13,15,17,25H,2-8,11-12,14H2,1H3. The van der Waals surface area contributed by atoms with Crippen molar-refractivity contribution in [2.45, 2.75) is 57.5 Å². The quantitative estimate of drug-likeness (QED) is 0.849. The van der Waals surface area contributed by atoms with E-state index in [1.54, 1.807) is 7.05 Å². The molecule has 1 N–H and O–H groups in total. The van der Waals surface area contributed by atoms with Crippen molar-refractivity contribution in [2.24, 2.45) is 5.92 Å². The number of hydrogen-bond acceptors (Lipinski definition) is 3. The van der Waals surface area contributed by atoms with Gasteiger partial charge in [0.25, 0.3) is 5.91 Å². The fourth-order valence-corrected chi connectivity index (χ4v) is 4.31. The lowest BCUT2D eigenvalue weighted by Crippen LogP contribution is -2.29. The smallest absolute Gasteiger partial charge is 0.329 e. The largest absolute Gasteiger partial charge is 0.395 e. The molecule has 0 radical (unpaired) electrons. The van der Waals surface area contributed by atoms with Crippen LogP contribution in [-0.4, -0.2) is 45.2 Å². The van der Waals surface area contributed by atoms with Crippen LogP contribution >= 0.6 is 0 Å². The molecule has 1 heterocycles. The molecule has 2 aliphatic rings. The van der Waals surface area contributed by atoms with Gasteiger partial charge in [-0.3, -0.25) is 13.9 Å². The summed E-state index contributed by atoms with van der Waals surface area (Å²) in [5.41, 5.74) is 2.48. The summed E-state index contributed by atoms with van der Waals surface area (Å²) >= 11 is 0. The summed E-state index contributed by atoms with van der Waals surface area (Å²) in [5.74, 6) is 0.464. The Kier molecular flexibility index (Phi) is 5.08. The Balaban J connectivity index is 1.79. The number of aliphatic hydroxyl groups is 1. The van der Waals surface area contributed by atoms with Crippen LogP contribution in [0.15, 0.2) is 23.0 Å². The maximum absolute atomic E-state index is 13.3. The Hall–Kier alpha value is -2.08. The Bertz CT molecular complexity index is 888. The number of nitrogens with zero attached hydrogens (tertiary/aromatic N) is 3. The van der Waals surface area contributed by atoms with Crippen LogP contribution in [0.1, 0.15) is 61.3 Å². The van der Waals surface area contributed by atoms with Crippen LogP contribution in [0.2, 0.25) is 0 Å². The van der Waals surface area contributed by atoms with E-state index in [2.05, 4.69) is 0 Å². The summed E-state index contributed by atoms with van der Waals surface area (Å²) in [6.45, 7) is 0.989. The van der Waals surface area contributed by atoms with Crippen LogP contribution in [0, 0.1) is 5.92 Å². The first kappa shape index (κ1) is 18.3. The van der Waals surface area contributed by atoms with Crippen LogP contribution in [0.5, 0.6) is 0 Å². The molecule has 0 atom stereocenters. The van der Waals surface area contributed by atoms with Gasteiger partial charge >= 0.3 is 5.69 Å². The summed E-state index contributed by atoms with van der Waals surface area (Å²) in [6, 6.07) is 5.90. The fourth-order valence-electron chi connectivity index (χ4n) is 4.31. The molecule has 0 aliphatic heterocycles. The van der Waals surface area contributed by atoms with E-state index >= 15 is 0 Å². The van der Waals surface area contributed by atoms with E-state index in [1.807, 2.05) is 27.3 Å². The molecule has 6 heteroatoms. The van der Waals surface area contributed by atoms with Crippen LogP contribution < -0.4 is 5.69 Å². The third kappa shape index (κ3) is 3.55. The topological polar surface area (TPSA) is 67.5 Å². The van der Waals surface area contributed by atoms with E-state index in [-0.39, 0.29) is 24.2 Å². The van der Waals surface area contributed by atoms with Gasteiger partial charge in [-0.15, -0.1) is 0 Å². The van der Waals surface area contributed by atoms with Crippen LogP contribution in [-0.2, 0) is 6.54 Å². The van der Waals surface area contributed by atoms with Crippen molar-refractivity contribution in [1.82, 2.24) is 14.0 Å². The minimum Gasteiger partial charge on any atom is -0.395 e. The average Bonchev–Trinajstić information content (AvgIpc) is 3.46. The predicted molar refractivity (Wildman–Crippen MR) is 105 cm³/mol. The molecule has 2 fully saturated rings. The van der Waals surface area contributed by atoms with E-state index in [9.17, 15) is 9.59 Å². The van der Waals surface area contributed by atoms with Crippen molar-refractivity contribution in [1.29, 1.82) is 0 Å². The monoisotopic (exact) mass is 371 g/mol. The molecular weight excluding hydrogens is 342 g/mol. The van der Waals surface area contributed by atoms with Crippen molar-refractivity contribution in [2.75, 3.05) is 20.2 Å². The summed E-state index contributed by atoms with van der Waals surface area (Å²) in [6.07, 6.45) is 8.08. The number of likely N-dealkylation sites (N-methyl/N-ethyl adjacent to an activating group) is 1. The van der Waals surface area contributed by atoms with Crippen molar-refractivity contribution < 1.29 is 9.90 Å². The van der Waals surface area contributed by atoms with Gasteiger partial charge in [-0.2, -0.15) is 0 Å². The van der Waals surface area contributed by atoms with Gasteiger partial charge in [0.1, 0.15) is 0 Å². The number of aromatic nitrogens is 2. The molecule has 0 saturated heterocycles. The van der Waals surface area contributed by atoms with E-state index in [4.69, 9.17) is 5.11 Å². The highest BCUT2D eigenvalue weighted by Gasteiger charge is 2.27. The number of carbonyl (C=O) groups excluding carboxylic acids is 1. The lowest BCUT2D eigenvalue weighted by Gasteiger charge is -2.23. The molecular formula is C21H29N3O3. The maximum atomic E-state index is 13.3. The molecule has 0 spiro atoms. The summed E-state index contributed by atoms with van der Waals surface area (Å²) in [4.78, 5) is 27.4. The highest BCUT2D eigenvalue weighted by molar-refractivity contribution is 5.97. The molecule has 1 aromatic carbocycles. The van der Waals surface area contributed by atoms with E-state index < -0.39 is 0 Å². The molecule has 27 heavy (non-hydrogen) atoms. The number of imidazole rings is 1. The highest BCUT2D eigenvalue weighted by Crippen LogP contribution is 2.33.